The molecular weight excluding hydrogens is 251 g/mol. The summed E-state index contributed by atoms with van der Waals surface area (Å²) < 4.78 is 13.8. The van der Waals surface area contributed by atoms with Crippen LogP contribution in [0.1, 0.15) is 50.3 Å². The first-order valence-corrected chi connectivity index (χ1v) is 7.80. The van der Waals surface area contributed by atoms with Crippen LogP contribution in [0.5, 0.6) is 0 Å². The second kappa shape index (κ2) is 6.68. The van der Waals surface area contributed by atoms with Crippen LogP contribution in [0.4, 0.5) is 4.39 Å². The number of aryl methyl sites for hydroxylation is 1. The summed E-state index contributed by atoms with van der Waals surface area (Å²) in [5.74, 6) is 0.486. The lowest BCUT2D eigenvalue weighted by molar-refractivity contribution is 0.123. The molecule has 1 aromatic rings. The van der Waals surface area contributed by atoms with E-state index in [-0.39, 0.29) is 11.9 Å². The van der Waals surface area contributed by atoms with Crippen molar-refractivity contribution in [3.8, 4) is 0 Å². The Labute approximate surface area is 122 Å². The highest BCUT2D eigenvalue weighted by Gasteiger charge is 2.33. The van der Waals surface area contributed by atoms with E-state index in [2.05, 4.69) is 24.8 Å². The number of hydrogen-bond acceptors (Lipinski definition) is 2. The molecule has 0 radical (unpaired) electrons. The number of hydrogen-bond donors (Lipinski definition) is 1. The highest BCUT2D eigenvalue weighted by molar-refractivity contribution is 5.25. The molecule has 0 bridgehead atoms. The molecule has 2 nitrogen and oxygen atoms in total. The van der Waals surface area contributed by atoms with Gasteiger partial charge in [0.2, 0.25) is 0 Å². The zero-order chi connectivity index (χ0) is 14.7. The van der Waals surface area contributed by atoms with Crippen molar-refractivity contribution in [1.82, 2.24) is 4.90 Å². The van der Waals surface area contributed by atoms with E-state index in [9.17, 15) is 4.39 Å². The lowest BCUT2D eigenvalue weighted by atomic mass is 9.97. The molecule has 2 rings (SSSR count). The molecule has 3 unspecified atom stereocenters. The summed E-state index contributed by atoms with van der Waals surface area (Å²) in [6.07, 6.45) is 3.71. The minimum absolute atomic E-state index is 0.104. The fourth-order valence-electron chi connectivity index (χ4n) is 3.58. The highest BCUT2D eigenvalue weighted by Crippen LogP contribution is 2.34. The molecule has 0 aliphatic heterocycles. The van der Waals surface area contributed by atoms with Gasteiger partial charge in [-0.2, -0.15) is 0 Å². The molecule has 0 heterocycles. The topological polar surface area (TPSA) is 29.3 Å². The number of halogens is 1. The molecule has 112 valence electrons. The van der Waals surface area contributed by atoms with E-state index in [4.69, 9.17) is 5.73 Å². The molecule has 20 heavy (non-hydrogen) atoms. The van der Waals surface area contributed by atoms with Crippen LogP contribution in [0.15, 0.2) is 18.2 Å². The SMILES string of the molecule is CCN(C(C)c1ccc(C)c(F)c1)C1CCCC1CN. The van der Waals surface area contributed by atoms with Crippen LogP contribution < -0.4 is 5.73 Å². The maximum absolute atomic E-state index is 13.8. The lowest BCUT2D eigenvalue weighted by Gasteiger charge is -2.37. The van der Waals surface area contributed by atoms with Crippen molar-refractivity contribution in [2.45, 2.75) is 52.1 Å². The van der Waals surface area contributed by atoms with Gasteiger partial charge >= 0.3 is 0 Å². The average molecular weight is 278 g/mol. The van der Waals surface area contributed by atoms with Crippen LogP contribution >= 0.6 is 0 Å². The molecular formula is C17H27FN2. The average Bonchev–Trinajstić information content (AvgIpc) is 2.91. The molecule has 1 aromatic carbocycles. The van der Waals surface area contributed by atoms with Gasteiger partial charge in [0.25, 0.3) is 0 Å². The maximum atomic E-state index is 13.8. The molecule has 2 N–H and O–H groups in total. The molecule has 1 saturated carbocycles. The van der Waals surface area contributed by atoms with Gasteiger partial charge in [0.15, 0.2) is 0 Å². The second-order valence-electron chi connectivity index (χ2n) is 6.01. The van der Waals surface area contributed by atoms with Gasteiger partial charge in [-0.3, -0.25) is 4.90 Å². The van der Waals surface area contributed by atoms with E-state index in [1.54, 1.807) is 6.07 Å². The molecule has 0 aromatic heterocycles. The number of rotatable bonds is 5. The standard InChI is InChI=1S/C17H27FN2/c1-4-20(17-7-5-6-15(17)11-19)13(3)14-9-8-12(2)16(18)10-14/h8-10,13,15,17H,4-7,11,19H2,1-3H3. The molecule has 0 amide bonds. The smallest absolute Gasteiger partial charge is 0.126 e. The summed E-state index contributed by atoms with van der Waals surface area (Å²) in [5.41, 5.74) is 7.69. The summed E-state index contributed by atoms with van der Waals surface area (Å²) in [7, 11) is 0. The lowest BCUT2D eigenvalue weighted by Crippen LogP contribution is -2.41. The van der Waals surface area contributed by atoms with Gasteiger partial charge in [0, 0.05) is 12.1 Å². The van der Waals surface area contributed by atoms with E-state index < -0.39 is 0 Å². The van der Waals surface area contributed by atoms with Crippen LogP contribution in [-0.2, 0) is 0 Å². The fourth-order valence-corrected chi connectivity index (χ4v) is 3.58. The Bertz CT molecular complexity index is 447. The Morgan fingerprint density at radius 2 is 2.15 bits per heavy atom. The summed E-state index contributed by atoms with van der Waals surface area (Å²) in [6.45, 7) is 7.92. The largest absolute Gasteiger partial charge is 0.330 e. The number of nitrogens with two attached hydrogens (primary N) is 1. The minimum Gasteiger partial charge on any atom is -0.330 e. The van der Waals surface area contributed by atoms with Crippen molar-refractivity contribution in [2.24, 2.45) is 11.7 Å². The molecule has 1 aliphatic rings. The van der Waals surface area contributed by atoms with E-state index in [0.717, 1.165) is 18.7 Å². The van der Waals surface area contributed by atoms with Crippen molar-refractivity contribution in [3.63, 3.8) is 0 Å². The number of nitrogens with zero attached hydrogens (tertiary/aromatic N) is 1. The summed E-state index contributed by atoms with van der Waals surface area (Å²) >= 11 is 0. The van der Waals surface area contributed by atoms with Crippen LogP contribution in [-0.4, -0.2) is 24.0 Å². The van der Waals surface area contributed by atoms with Crippen molar-refractivity contribution < 1.29 is 4.39 Å². The zero-order valence-corrected chi connectivity index (χ0v) is 12.9. The first-order valence-electron chi connectivity index (χ1n) is 7.80. The predicted octanol–water partition coefficient (Wildman–Crippen LogP) is 3.64. The summed E-state index contributed by atoms with van der Waals surface area (Å²) in [4.78, 5) is 2.49. The summed E-state index contributed by atoms with van der Waals surface area (Å²) in [5, 5.41) is 0. The van der Waals surface area contributed by atoms with Crippen LogP contribution in [0, 0.1) is 18.7 Å². The van der Waals surface area contributed by atoms with Crippen molar-refractivity contribution in [2.75, 3.05) is 13.1 Å². The van der Waals surface area contributed by atoms with E-state index in [0.29, 0.717) is 17.5 Å². The van der Waals surface area contributed by atoms with E-state index >= 15 is 0 Å². The first kappa shape index (κ1) is 15.5. The van der Waals surface area contributed by atoms with E-state index in [1.165, 1.54) is 19.3 Å². The van der Waals surface area contributed by atoms with E-state index in [1.807, 2.05) is 13.0 Å². The Hall–Kier alpha value is -0.930. The van der Waals surface area contributed by atoms with Gasteiger partial charge < -0.3 is 5.73 Å². The van der Waals surface area contributed by atoms with Crippen LogP contribution in [0.25, 0.3) is 0 Å². The predicted molar refractivity (Wildman–Crippen MR) is 82.1 cm³/mol. The maximum Gasteiger partial charge on any atom is 0.126 e. The van der Waals surface area contributed by atoms with Crippen LogP contribution in [0.3, 0.4) is 0 Å². The van der Waals surface area contributed by atoms with Gasteiger partial charge in [-0.25, -0.2) is 4.39 Å². The van der Waals surface area contributed by atoms with Gasteiger partial charge in [-0.05, 0) is 62.9 Å². The fraction of sp³-hybridized carbons (Fsp3) is 0.647. The van der Waals surface area contributed by atoms with Gasteiger partial charge in [0.1, 0.15) is 5.82 Å². The second-order valence-corrected chi connectivity index (χ2v) is 6.01. The third kappa shape index (κ3) is 3.04. The Morgan fingerprint density at radius 1 is 1.40 bits per heavy atom. The normalized spacial score (nSPS) is 24.3. The highest BCUT2D eigenvalue weighted by atomic mass is 19.1. The third-order valence-electron chi connectivity index (χ3n) is 4.89. The van der Waals surface area contributed by atoms with Crippen molar-refractivity contribution in [3.05, 3.63) is 35.1 Å². The van der Waals surface area contributed by atoms with Crippen molar-refractivity contribution in [1.29, 1.82) is 0 Å². The van der Waals surface area contributed by atoms with Crippen LogP contribution in [0.2, 0.25) is 0 Å². The molecule has 0 saturated heterocycles. The molecule has 3 atom stereocenters. The molecule has 1 fully saturated rings. The van der Waals surface area contributed by atoms with Crippen molar-refractivity contribution >= 4 is 0 Å². The minimum atomic E-state index is -0.104. The van der Waals surface area contributed by atoms with Gasteiger partial charge in [-0.15, -0.1) is 0 Å². The van der Waals surface area contributed by atoms with Gasteiger partial charge in [0.05, 0.1) is 0 Å². The monoisotopic (exact) mass is 278 g/mol. The summed E-state index contributed by atoms with van der Waals surface area (Å²) in [6, 6.07) is 6.41. The molecule has 1 aliphatic carbocycles. The zero-order valence-electron chi connectivity index (χ0n) is 12.9. The molecule has 3 heteroatoms. The first-order chi connectivity index (χ1) is 9.58. The van der Waals surface area contributed by atoms with Gasteiger partial charge in [-0.1, -0.05) is 25.5 Å². The quantitative estimate of drug-likeness (QED) is 0.891. The molecule has 0 spiro atoms. The Balaban J connectivity index is 2.19. The Morgan fingerprint density at radius 3 is 2.75 bits per heavy atom. The Kier molecular flexibility index (Phi) is 5.17. The number of benzene rings is 1. The third-order valence-corrected chi connectivity index (χ3v) is 4.89.